The van der Waals surface area contributed by atoms with Gasteiger partial charge in [0.05, 0.1) is 17.7 Å². The van der Waals surface area contributed by atoms with E-state index >= 15 is 0 Å². The molecule has 0 aliphatic carbocycles. The molecule has 1 unspecified atom stereocenters. The van der Waals surface area contributed by atoms with Gasteiger partial charge in [-0.15, -0.1) is 0 Å². The zero-order valence-corrected chi connectivity index (χ0v) is 13.5. The van der Waals surface area contributed by atoms with Crippen LogP contribution in [0.1, 0.15) is 48.4 Å². The van der Waals surface area contributed by atoms with E-state index in [-0.39, 0.29) is 11.8 Å². The molecule has 1 amide bonds. The predicted molar refractivity (Wildman–Crippen MR) is 87.7 cm³/mol. The van der Waals surface area contributed by atoms with Crippen molar-refractivity contribution in [3.8, 4) is 0 Å². The number of rotatable bonds is 6. The first-order valence-corrected chi connectivity index (χ1v) is 7.59. The lowest BCUT2D eigenvalue weighted by Crippen LogP contribution is -2.14. The number of carbonyl (C=O) groups is 2. The number of nitrogens with one attached hydrogen (secondary N) is 1. The summed E-state index contributed by atoms with van der Waals surface area (Å²) in [6.45, 7) is 5.60. The van der Waals surface area contributed by atoms with Crippen LogP contribution < -0.4 is 5.32 Å². The standard InChI is InChI=1S/C18H21NO4/c1-11(2)16-15(8-9-23-16)17(20)19-14-6-4-13(5-7-14)10-12(3)18(21)22/h4-9,11-12H,10H2,1-3H3,(H,19,20)(H,21,22). The molecule has 2 N–H and O–H groups in total. The van der Waals surface area contributed by atoms with Crippen LogP contribution >= 0.6 is 0 Å². The minimum absolute atomic E-state index is 0.130. The van der Waals surface area contributed by atoms with Crippen LogP contribution in [0.2, 0.25) is 0 Å². The summed E-state index contributed by atoms with van der Waals surface area (Å²) in [5, 5.41) is 11.8. The highest BCUT2D eigenvalue weighted by atomic mass is 16.4. The number of carbonyl (C=O) groups excluding carboxylic acids is 1. The summed E-state index contributed by atoms with van der Waals surface area (Å²) in [4.78, 5) is 23.2. The molecule has 0 saturated carbocycles. The molecule has 23 heavy (non-hydrogen) atoms. The van der Waals surface area contributed by atoms with Gasteiger partial charge in [0.2, 0.25) is 0 Å². The molecule has 0 bridgehead atoms. The Morgan fingerprint density at radius 1 is 1.13 bits per heavy atom. The fourth-order valence-corrected chi connectivity index (χ4v) is 2.32. The molecule has 1 aromatic carbocycles. The second-order valence-electron chi connectivity index (χ2n) is 5.95. The van der Waals surface area contributed by atoms with Gasteiger partial charge in [0.25, 0.3) is 5.91 Å². The quantitative estimate of drug-likeness (QED) is 0.846. The SMILES string of the molecule is CC(Cc1ccc(NC(=O)c2ccoc2C(C)C)cc1)C(=O)O. The largest absolute Gasteiger partial charge is 0.481 e. The maximum absolute atomic E-state index is 12.3. The van der Waals surface area contributed by atoms with Gasteiger partial charge in [-0.25, -0.2) is 0 Å². The summed E-state index contributed by atoms with van der Waals surface area (Å²) in [6, 6.07) is 8.86. The molecule has 2 aromatic rings. The van der Waals surface area contributed by atoms with Gasteiger partial charge in [-0.05, 0) is 30.2 Å². The summed E-state index contributed by atoms with van der Waals surface area (Å²) in [5.74, 6) is -0.673. The average molecular weight is 315 g/mol. The summed E-state index contributed by atoms with van der Waals surface area (Å²) in [6.07, 6.45) is 1.98. The Kier molecular flexibility index (Phi) is 5.21. The third kappa shape index (κ3) is 4.22. The van der Waals surface area contributed by atoms with Crippen LogP contribution in [-0.2, 0) is 11.2 Å². The topological polar surface area (TPSA) is 79.5 Å². The number of amides is 1. The number of hydrogen-bond acceptors (Lipinski definition) is 3. The number of benzene rings is 1. The van der Waals surface area contributed by atoms with Gasteiger partial charge in [-0.3, -0.25) is 9.59 Å². The summed E-state index contributed by atoms with van der Waals surface area (Å²) in [7, 11) is 0. The van der Waals surface area contributed by atoms with Crippen molar-refractivity contribution >= 4 is 17.6 Å². The zero-order valence-electron chi connectivity index (χ0n) is 13.5. The van der Waals surface area contributed by atoms with Gasteiger partial charge in [0.1, 0.15) is 5.76 Å². The molecule has 0 saturated heterocycles. The number of aliphatic carboxylic acids is 1. The summed E-state index contributed by atoms with van der Waals surface area (Å²) >= 11 is 0. The second-order valence-corrected chi connectivity index (χ2v) is 5.95. The lowest BCUT2D eigenvalue weighted by Gasteiger charge is -2.09. The molecule has 0 aliphatic rings. The van der Waals surface area contributed by atoms with Gasteiger partial charge in [0.15, 0.2) is 0 Å². The average Bonchev–Trinajstić information content (AvgIpc) is 2.99. The number of hydrogen-bond donors (Lipinski definition) is 2. The molecular formula is C18H21NO4. The first-order valence-electron chi connectivity index (χ1n) is 7.59. The molecule has 5 heteroatoms. The fourth-order valence-electron chi connectivity index (χ4n) is 2.32. The fraction of sp³-hybridized carbons (Fsp3) is 0.333. The van der Waals surface area contributed by atoms with E-state index in [9.17, 15) is 9.59 Å². The van der Waals surface area contributed by atoms with Crippen LogP contribution in [0.4, 0.5) is 5.69 Å². The minimum Gasteiger partial charge on any atom is -0.481 e. The van der Waals surface area contributed by atoms with E-state index in [1.807, 2.05) is 26.0 Å². The Hall–Kier alpha value is -2.56. The van der Waals surface area contributed by atoms with Crippen molar-refractivity contribution in [1.29, 1.82) is 0 Å². The Bertz CT molecular complexity index is 685. The third-order valence-corrected chi connectivity index (χ3v) is 3.64. The molecule has 5 nitrogen and oxygen atoms in total. The second kappa shape index (κ2) is 7.13. The molecule has 122 valence electrons. The predicted octanol–water partition coefficient (Wildman–Crippen LogP) is 3.92. The van der Waals surface area contributed by atoms with E-state index in [0.717, 1.165) is 5.56 Å². The highest BCUT2D eigenvalue weighted by Crippen LogP contribution is 2.22. The van der Waals surface area contributed by atoms with Gasteiger partial charge in [-0.2, -0.15) is 0 Å². The first kappa shape index (κ1) is 16.8. The first-order chi connectivity index (χ1) is 10.9. The molecule has 1 atom stereocenters. The van der Waals surface area contributed by atoms with Crippen molar-refractivity contribution in [3.63, 3.8) is 0 Å². The van der Waals surface area contributed by atoms with Crippen LogP contribution in [-0.4, -0.2) is 17.0 Å². The number of carboxylic acid groups (broad SMARTS) is 1. The smallest absolute Gasteiger partial charge is 0.306 e. The van der Waals surface area contributed by atoms with Crippen molar-refractivity contribution in [1.82, 2.24) is 0 Å². The Morgan fingerprint density at radius 2 is 1.78 bits per heavy atom. The monoisotopic (exact) mass is 315 g/mol. The van der Waals surface area contributed by atoms with Crippen molar-refractivity contribution < 1.29 is 19.1 Å². The Labute approximate surface area is 135 Å². The number of anilines is 1. The summed E-state index contributed by atoms with van der Waals surface area (Å²) in [5.41, 5.74) is 2.12. The molecule has 0 fully saturated rings. The molecule has 2 rings (SSSR count). The van der Waals surface area contributed by atoms with Crippen LogP contribution in [0.25, 0.3) is 0 Å². The van der Waals surface area contributed by atoms with E-state index < -0.39 is 11.9 Å². The normalized spacial score (nSPS) is 12.2. The van der Waals surface area contributed by atoms with E-state index in [1.165, 1.54) is 6.26 Å². The van der Waals surface area contributed by atoms with E-state index in [2.05, 4.69) is 5.32 Å². The van der Waals surface area contributed by atoms with Crippen LogP contribution in [0.15, 0.2) is 41.0 Å². The highest BCUT2D eigenvalue weighted by molar-refractivity contribution is 6.05. The van der Waals surface area contributed by atoms with Gasteiger partial charge in [0, 0.05) is 11.6 Å². The molecule has 1 heterocycles. The molecule has 0 spiro atoms. The highest BCUT2D eigenvalue weighted by Gasteiger charge is 2.17. The van der Waals surface area contributed by atoms with Crippen molar-refractivity contribution in [2.24, 2.45) is 5.92 Å². The Balaban J connectivity index is 2.04. The zero-order chi connectivity index (χ0) is 17.0. The van der Waals surface area contributed by atoms with Gasteiger partial charge >= 0.3 is 5.97 Å². The van der Waals surface area contributed by atoms with Crippen molar-refractivity contribution in [2.45, 2.75) is 33.1 Å². The van der Waals surface area contributed by atoms with Crippen molar-refractivity contribution in [2.75, 3.05) is 5.32 Å². The number of furan rings is 1. The molecule has 0 radical (unpaired) electrons. The minimum atomic E-state index is -0.816. The molecular weight excluding hydrogens is 294 g/mol. The van der Waals surface area contributed by atoms with Crippen LogP contribution in [0.3, 0.4) is 0 Å². The maximum Gasteiger partial charge on any atom is 0.306 e. The van der Waals surface area contributed by atoms with Gasteiger partial charge in [-0.1, -0.05) is 32.9 Å². The molecule has 1 aromatic heterocycles. The van der Waals surface area contributed by atoms with E-state index in [0.29, 0.717) is 23.4 Å². The third-order valence-electron chi connectivity index (χ3n) is 3.64. The maximum atomic E-state index is 12.3. The van der Waals surface area contributed by atoms with Gasteiger partial charge < -0.3 is 14.8 Å². The van der Waals surface area contributed by atoms with Crippen LogP contribution in [0, 0.1) is 5.92 Å². The van der Waals surface area contributed by atoms with Crippen LogP contribution in [0.5, 0.6) is 0 Å². The molecule has 0 aliphatic heterocycles. The lowest BCUT2D eigenvalue weighted by atomic mass is 10.0. The summed E-state index contributed by atoms with van der Waals surface area (Å²) < 4.78 is 5.35. The lowest BCUT2D eigenvalue weighted by molar-refractivity contribution is -0.141. The Morgan fingerprint density at radius 3 is 2.35 bits per heavy atom. The van der Waals surface area contributed by atoms with Crippen molar-refractivity contribution in [3.05, 3.63) is 53.5 Å². The van der Waals surface area contributed by atoms with E-state index in [4.69, 9.17) is 9.52 Å². The van der Waals surface area contributed by atoms with E-state index in [1.54, 1.807) is 25.1 Å². The number of carboxylic acids is 1.